The third kappa shape index (κ3) is 1.12. The van der Waals surface area contributed by atoms with Gasteiger partial charge in [-0.25, -0.2) is 5.43 Å². The van der Waals surface area contributed by atoms with Gasteiger partial charge < -0.3 is 5.43 Å². The van der Waals surface area contributed by atoms with E-state index in [1.165, 1.54) is 20.4 Å². The van der Waals surface area contributed by atoms with E-state index in [9.17, 15) is 0 Å². The number of benzene rings is 1. The summed E-state index contributed by atoms with van der Waals surface area (Å²) in [6, 6.07) is 4.25. The number of hydrogen-bond acceptors (Lipinski definition) is 2. The van der Waals surface area contributed by atoms with E-state index in [1.54, 1.807) is 0 Å². The summed E-state index contributed by atoms with van der Waals surface area (Å²) >= 11 is 2.36. The van der Waals surface area contributed by atoms with E-state index in [-0.39, 0.29) is 0 Å². The van der Waals surface area contributed by atoms with Crippen molar-refractivity contribution in [2.45, 2.75) is 13.5 Å². The fraction of sp³-hybridized carbons (Fsp3) is 0.250. The number of halogens is 1. The summed E-state index contributed by atoms with van der Waals surface area (Å²) in [4.78, 5) is 0. The first-order valence-electron chi connectivity index (χ1n) is 3.56. The zero-order valence-corrected chi connectivity index (χ0v) is 8.40. The van der Waals surface area contributed by atoms with Gasteiger partial charge in [-0.3, -0.25) is 0 Å². The number of hydrogen-bond donors (Lipinski definition) is 2. The Balaban J connectivity index is 2.62. The first-order chi connectivity index (χ1) is 5.29. The van der Waals surface area contributed by atoms with Crippen molar-refractivity contribution in [2.24, 2.45) is 0 Å². The van der Waals surface area contributed by atoms with E-state index in [0.29, 0.717) is 0 Å². The van der Waals surface area contributed by atoms with Crippen molar-refractivity contribution in [1.82, 2.24) is 5.43 Å². The summed E-state index contributed by atoms with van der Waals surface area (Å²) in [7, 11) is 0. The minimum atomic E-state index is 0.942. The lowest BCUT2D eigenvalue weighted by molar-refractivity contribution is 0.855. The normalized spacial score (nSPS) is 14.4. The molecule has 3 heteroatoms. The van der Waals surface area contributed by atoms with Crippen molar-refractivity contribution < 1.29 is 0 Å². The molecule has 0 aromatic heterocycles. The number of nitrogens with one attached hydrogen (secondary N) is 2. The number of rotatable bonds is 0. The molecule has 2 rings (SSSR count). The lowest BCUT2D eigenvalue weighted by Gasteiger charge is -2.03. The Morgan fingerprint density at radius 2 is 2.27 bits per heavy atom. The number of fused-ring (bicyclic) bond motifs is 1. The molecule has 1 aromatic carbocycles. The summed E-state index contributed by atoms with van der Waals surface area (Å²) < 4.78 is 1.34. The summed E-state index contributed by atoms with van der Waals surface area (Å²) in [5.41, 5.74) is 10.2. The highest BCUT2D eigenvalue weighted by Crippen LogP contribution is 2.26. The first-order valence-corrected chi connectivity index (χ1v) is 4.64. The van der Waals surface area contributed by atoms with Crippen LogP contribution >= 0.6 is 22.6 Å². The molecule has 0 bridgehead atoms. The van der Waals surface area contributed by atoms with Crippen LogP contribution in [0.15, 0.2) is 12.1 Å². The highest BCUT2D eigenvalue weighted by atomic mass is 127. The van der Waals surface area contributed by atoms with E-state index in [0.717, 1.165) is 6.54 Å². The van der Waals surface area contributed by atoms with E-state index in [4.69, 9.17) is 0 Å². The van der Waals surface area contributed by atoms with Crippen LogP contribution in [0.25, 0.3) is 0 Å². The number of hydrazine groups is 1. The van der Waals surface area contributed by atoms with Crippen molar-refractivity contribution in [2.75, 3.05) is 5.43 Å². The highest BCUT2D eigenvalue weighted by molar-refractivity contribution is 14.1. The molecule has 1 aliphatic rings. The molecule has 0 unspecified atom stereocenters. The molecule has 0 radical (unpaired) electrons. The molecule has 1 aliphatic heterocycles. The second kappa shape index (κ2) is 2.64. The SMILES string of the molecule is Cc1c(I)ccc2c1CNN2. The molecular formula is C8H9IN2. The van der Waals surface area contributed by atoms with Crippen LogP contribution in [0.2, 0.25) is 0 Å². The molecule has 58 valence electrons. The van der Waals surface area contributed by atoms with E-state index >= 15 is 0 Å². The lowest BCUT2D eigenvalue weighted by Crippen LogP contribution is -2.10. The fourth-order valence-corrected chi connectivity index (χ4v) is 1.81. The molecule has 2 nitrogen and oxygen atoms in total. The van der Waals surface area contributed by atoms with Gasteiger partial charge in [0.25, 0.3) is 0 Å². The zero-order chi connectivity index (χ0) is 7.84. The third-order valence-electron chi connectivity index (χ3n) is 2.02. The zero-order valence-electron chi connectivity index (χ0n) is 6.24. The topological polar surface area (TPSA) is 24.1 Å². The maximum Gasteiger partial charge on any atom is 0.0536 e. The minimum Gasteiger partial charge on any atom is -0.321 e. The molecule has 1 aromatic rings. The monoisotopic (exact) mass is 260 g/mol. The van der Waals surface area contributed by atoms with Crippen LogP contribution in [0.3, 0.4) is 0 Å². The van der Waals surface area contributed by atoms with Gasteiger partial charge in [0.05, 0.1) is 5.69 Å². The van der Waals surface area contributed by atoms with Gasteiger partial charge in [-0.05, 0) is 52.8 Å². The van der Waals surface area contributed by atoms with Crippen LogP contribution in [0.1, 0.15) is 11.1 Å². The van der Waals surface area contributed by atoms with Gasteiger partial charge in [-0.15, -0.1) is 0 Å². The molecule has 0 amide bonds. The van der Waals surface area contributed by atoms with Gasteiger partial charge >= 0.3 is 0 Å². The van der Waals surface area contributed by atoms with Crippen molar-refractivity contribution in [3.05, 3.63) is 26.8 Å². The van der Waals surface area contributed by atoms with Gasteiger partial charge in [-0.1, -0.05) is 0 Å². The van der Waals surface area contributed by atoms with Crippen molar-refractivity contribution in [3.8, 4) is 0 Å². The minimum absolute atomic E-state index is 0.942. The Morgan fingerprint density at radius 3 is 3.09 bits per heavy atom. The van der Waals surface area contributed by atoms with E-state index in [1.807, 2.05) is 0 Å². The summed E-state index contributed by atoms with van der Waals surface area (Å²) in [5, 5.41) is 0. The van der Waals surface area contributed by atoms with Crippen molar-refractivity contribution in [1.29, 1.82) is 0 Å². The average molecular weight is 260 g/mol. The van der Waals surface area contributed by atoms with Crippen LogP contribution in [0.4, 0.5) is 5.69 Å². The summed E-state index contributed by atoms with van der Waals surface area (Å²) in [6.45, 7) is 3.10. The van der Waals surface area contributed by atoms with Crippen LogP contribution in [-0.2, 0) is 6.54 Å². The summed E-state index contributed by atoms with van der Waals surface area (Å²) in [5.74, 6) is 0. The molecule has 2 N–H and O–H groups in total. The molecule has 0 saturated heterocycles. The van der Waals surface area contributed by atoms with Gasteiger partial charge in [0.2, 0.25) is 0 Å². The highest BCUT2D eigenvalue weighted by Gasteiger charge is 2.12. The Labute approximate surface area is 79.5 Å². The van der Waals surface area contributed by atoms with Crippen molar-refractivity contribution >= 4 is 28.3 Å². The molecule has 0 fully saturated rings. The Bertz CT molecular complexity index is 296. The molecule has 0 spiro atoms. The first kappa shape index (κ1) is 7.36. The molecule has 0 saturated carbocycles. The number of anilines is 1. The predicted octanol–water partition coefficient (Wildman–Crippen LogP) is 2.03. The van der Waals surface area contributed by atoms with Gasteiger partial charge in [0.15, 0.2) is 0 Å². The Morgan fingerprint density at radius 1 is 1.45 bits per heavy atom. The predicted molar refractivity (Wildman–Crippen MR) is 54.4 cm³/mol. The summed E-state index contributed by atoms with van der Waals surface area (Å²) in [6.07, 6.45) is 0. The largest absolute Gasteiger partial charge is 0.321 e. The van der Waals surface area contributed by atoms with Crippen LogP contribution in [0.5, 0.6) is 0 Å². The van der Waals surface area contributed by atoms with Crippen LogP contribution in [0, 0.1) is 10.5 Å². The van der Waals surface area contributed by atoms with Gasteiger partial charge in [-0.2, -0.15) is 0 Å². The fourth-order valence-electron chi connectivity index (χ4n) is 1.30. The quantitative estimate of drug-likeness (QED) is 0.697. The molecule has 0 atom stereocenters. The second-order valence-corrected chi connectivity index (χ2v) is 3.84. The van der Waals surface area contributed by atoms with E-state index < -0.39 is 0 Å². The molecule has 0 aliphatic carbocycles. The van der Waals surface area contributed by atoms with Gasteiger partial charge in [0, 0.05) is 10.1 Å². The van der Waals surface area contributed by atoms with Crippen molar-refractivity contribution in [3.63, 3.8) is 0 Å². The Kier molecular flexibility index (Phi) is 1.77. The third-order valence-corrected chi connectivity index (χ3v) is 3.19. The molecule has 11 heavy (non-hydrogen) atoms. The van der Waals surface area contributed by atoms with Crippen LogP contribution in [-0.4, -0.2) is 0 Å². The van der Waals surface area contributed by atoms with Gasteiger partial charge in [0.1, 0.15) is 0 Å². The Hall–Kier alpha value is -0.290. The molecule has 1 heterocycles. The maximum atomic E-state index is 3.11. The van der Waals surface area contributed by atoms with Crippen LogP contribution < -0.4 is 10.9 Å². The smallest absolute Gasteiger partial charge is 0.0536 e. The lowest BCUT2D eigenvalue weighted by atomic mass is 10.1. The standard InChI is InChI=1S/C8H9IN2/c1-5-6-4-10-11-8(6)3-2-7(5)9/h2-3,10-11H,4H2,1H3. The maximum absolute atomic E-state index is 3.11. The van der Waals surface area contributed by atoms with E-state index in [2.05, 4.69) is 52.5 Å². The second-order valence-electron chi connectivity index (χ2n) is 2.68. The molecular weight excluding hydrogens is 251 g/mol. The average Bonchev–Trinajstić information content (AvgIpc) is 2.45.